The van der Waals surface area contributed by atoms with Gasteiger partial charge in [-0.15, -0.1) is 0 Å². The van der Waals surface area contributed by atoms with E-state index >= 15 is 0 Å². The number of likely N-dealkylation sites (tertiary alicyclic amines) is 1. The van der Waals surface area contributed by atoms with Crippen molar-refractivity contribution in [2.24, 2.45) is 0 Å². The Labute approximate surface area is 142 Å². The molecule has 1 saturated heterocycles. The summed E-state index contributed by atoms with van der Waals surface area (Å²) >= 11 is 3.37. The van der Waals surface area contributed by atoms with Gasteiger partial charge in [0.05, 0.1) is 13.7 Å². The molecule has 0 spiro atoms. The molecule has 2 heterocycles. The Morgan fingerprint density at radius 3 is 2.61 bits per heavy atom. The summed E-state index contributed by atoms with van der Waals surface area (Å²) in [5.74, 6) is 0.720. The average Bonchev–Trinajstić information content (AvgIpc) is 3.04. The third-order valence-corrected chi connectivity index (χ3v) is 4.16. The standard InChI is InChI=1S/C16H16BrN3O3/c1-22-14-15(19-8-7-18-14)23-13-6-9-20(10-13)16(21)11-2-4-12(17)5-3-11/h2-5,7-8,13H,6,9-10H2,1H3. The van der Waals surface area contributed by atoms with E-state index in [1.165, 1.54) is 7.11 Å². The summed E-state index contributed by atoms with van der Waals surface area (Å²) in [5.41, 5.74) is 0.672. The smallest absolute Gasteiger partial charge is 0.278 e. The van der Waals surface area contributed by atoms with E-state index in [0.717, 1.165) is 10.9 Å². The number of benzene rings is 1. The van der Waals surface area contributed by atoms with Crippen molar-refractivity contribution in [3.05, 3.63) is 46.7 Å². The van der Waals surface area contributed by atoms with Crippen molar-refractivity contribution in [2.45, 2.75) is 12.5 Å². The molecule has 1 aliphatic heterocycles. The van der Waals surface area contributed by atoms with Gasteiger partial charge in [0.1, 0.15) is 6.10 Å². The second-order valence-corrected chi connectivity index (χ2v) is 6.07. The number of methoxy groups -OCH3 is 1. The van der Waals surface area contributed by atoms with Crippen molar-refractivity contribution < 1.29 is 14.3 Å². The van der Waals surface area contributed by atoms with Crippen molar-refractivity contribution in [1.82, 2.24) is 14.9 Å². The fourth-order valence-corrected chi connectivity index (χ4v) is 2.74. The average molecular weight is 378 g/mol. The van der Waals surface area contributed by atoms with Gasteiger partial charge in [0, 0.05) is 35.4 Å². The number of amides is 1. The number of carbonyl (C=O) groups excluding carboxylic acids is 1. The van der Waals surface area contributed by atoms with Crippen molar-refractivity contribution in [1.29, 1.82) is 0 Å². The fraction of sp³-hybridized carbons (Fsp3) is 0.312. The van der Waals surface area contributed by atoms with Crippen LogP contribution in [0.2, 0.25) is 0 Å². The van der Waals surface area contributed by atoms with E-state index in [1.54, 1.807) is 17.3 Å². The zero-order valence-corrected chi connectivity index (χ0v) is 14.2. The first-order valence-electron chi connectivity index (χ1n) is 7.24. The van der Waals surface area contributed by atoms with Crippen LogP contribution >= 0.6 is 15.9 Å². The predicted octanol–water partition coefficient (Wildman–Crippen LogP) is 2.54. The molecular weight excluding hydrogens is 362 g/mol. The molecule has 6 nitrogen and oxygen atoms in total. The van der Waals surface area contributed by atoms with Crippen LogP contribution in [-0.2, 0) is 0 Å². The molecule has 1 aromatic heterocycles. The molecule has 1 fully saturated rings. The largest absolute Gasteiger partial charge is 0.477 e. The minimum absolute atomic E-state index is 0.00899. The van der Waals surface area contributed by atoms with Crippen LogP contribution in [0, 0.1) is 0 Å². The van der Waals surface area contributed by atoms with Crippen LogP contribution in [0.15, 0.2) is 41.1 Å². The second-order valence-electron chi connectivity index (χ2n) is 5.16. The normalized spacial score (nSPS) is 17.1. The van der Waals surface area contributed by atoms with Gasteiger partial charge in [0.2, 0.25) is 0 Å². The Kier molecular flexibility index (Phi) is 4.76. The molecule has 1 aromatic carbocycles. The molecule has 0 aliphatic carbocycles. The van der Waals surface area contributed by atoms with E-state index in [4.69, 9.17) is 9.47 Å². The zero-order valence-electron chi connectivity index (χ0n) is 12.6. The van der Waals surface area contributed by atoms with Crippen LogP contribution in [0.25, 0.3) is 0 Å². The molecule has 0 N–H and O–H groups in total. The number of aromatic nitrogens is 2. The van der Waals surface area contributed by atoms with Crippen LogP contribution in [0.1, 0.15) is 16.8 Å². The molecule has 1 aliphatic rings. The van der Waals surface area contributed by atoms with E-state index < -0.39 is 0 Å². The van der Waals surface area contributed by atoms with Gasteiger partial charge in [0.25, 0.3) is 17.7 Å². The number of rotatable bonds is 4. The molecular formula is C16H16BrN3O3. The Hall–Kier alpha value is -2.15. The summed E-state index contributed by atoms with van der Waals surface area (Å²) in [6.45, 7) is 1.18. The van der Waals surface area contributed by atoms with Crippen molar-refractivity contribution in [3.63, 3.8) is 0 Å². The molecule has 1 unspecified atom stereocenters. The van der Waals surface area contributed by atoms with Crippen molar-refractivity contribution in [2.75, 3.05) is 20.2 Å². The van der Waals surface area contributed by atoms with Gasteiger partial charge < -0.3 is 14.4 Å². The molecule has 2 aromatic rings. The van der Waals surface area contributed by atoms with E-state index in [9.17, 15) is 4.79 Å². The lowest BCUT2D eigenvalue weighted by Crippen LogP contribution is -2.31. The first-order valence-corrected chi connectivity index (χ1v) is 8.03. The third kappa shape index (κ3) is 3.61. The molecule has 0 radical (unpaired) electrons. The second kappa shape index (κ2) is 6.95. The lowest BCUT2D eigenvalue weighted by Gasteiger charge is -2.17. The Morgan fingerprint density at radius 1 is 1.22 bits per heavy atom. The highest BCUT2D eigenvalue weighted by molar-refractivity contribution is 9.10. The molecule has 0 saturated carbocycles. The molecule has 120 valence electrons. The molecule has 1 amide bonds. The summed E-state index contributed by atoms with van der Waals surface area (Å²) in [6, 6.07) is 7.35. The summed E-state index contributed by atoms with van der Waals surface area (Å²) in [7, 11) is 1.52. The summed E-state index contributed by atoms with van der Waals surface area (Å²) < 4.78 is 11.9. The van der Waals surface area contributed by atoms with Crippen LogP contribution in [0.4, 0.5) is 0 Å². The van der Waals surface area contributed by atoms with Gasteiger partial charge in [-0.3, -0.25) is 4.79 Å². The van der Waals surface area contributed by atoms with Gasteiger partial charge in [0.15, 0.2) is 0 Å². The van der Waals surface area contributed by atoms with E-state index in [1.807, 2.05) is 24.3 Å². The number of halogens is 1. The minimum Gasteiger partial charge on any atom is -0.477 e. The Bertz CT molecular complexity index is 693. The highest BCUT2D eigenvalue weighted by atomic mass is 79.9. The summed E-state index contributed by atoms with van der Waals surface area (Å²) in [6.07, 6.45) is 3.74. The van der Waals surface area contributed by atoms with Crippen molar-refractivity contribution in [3.8, 4) is 11.8 Å². The zero-order chi connectivity index (χ0) is 16.2. The molecule has 1 atom stereocenters. The van der Waals surface area contributed by atoms with Crippen LogP contribution in [0.3, 0.4) is 0 Å². The number of carbonyl (C=O) groups is 1. The topological polar surface area (TPSA) is 64.6 Å². The third-order valence-electron chi connectivity index (χ3n) is 3.63. The fourth-order valence-electron chi connectivity index (χ4n) is 2.48. The summed E-state index contributed by atoms with van der Waals surface area (Å²) in [4.78, 5) is 22.5. The van der Waals surface area contributed by atoms with Gasteiger partial charge in [-0.1, -0.05) is 15.9 Å². The first kappa shape index (κ1) is 15.7. The Morgan fingerprint density at radius 2 is 1.91 bits per heavy atom. The number of hydrogen-bond donors (Lipinski definition) is 0. The molecule has 0 bridgehead atoms. The predicted molar refractivity (Wildman–Crippen MR) is 87.7 cm³/mol. The maximum atomic E-state index is 12.5. The molecule has 23 heavy (non-hydrogen) atoms. The van der Waals surface area contributed by atoms with Gasteiger partial charge >= 0.3 is 0 Å². The van der Waals surface area contributed by atoms with E-state index in [-0.39, 0.29) is 12.0 Å². The highest BCUT2D eigenvalue weighted by Gasteiger charge is 2.29. The summed E-state index contributed by atoms with van der Waals surface area (Å²) in [5, 5.41) is 0. The SMILES string of the molecule is COc1nccnc1OC1CCN(C(=O)c2ccc(Br)cc2)C1. The maximum absolute atomic E-state index is 12.5. The number of hydrogen-bond acceptors (Lipinski definition) is 5. The lowest BCUT2D eigenvalue weighted by molar-refractivity contribution is 0.0770. The van der Waals surface area contributed by atoms with E-state index in [2.05, 4.69) is 25.9 Å². The molecule has 7 heteroatoms. The first-order chi connectivity index (χ1) is 11.2. The number of ether oxygens (including phenoxy) is 2. The maximum Gasteiger partial charge on any atom is 0.278 e. The van der Waals surface area contributed by atoms with Crippen LogP contribution in [0.5, 0.6) is 11.8 Å². The minimum atomic E-state index is -0.111. The monoisotopic (exact) mass is 377 g/mol. The molecule has 3 rings (SSSR count). The Balaban J connectivity index is 1.64. The van der Waals surface area contributed by atoms with Gasteiger partial charge in [-0.2, -0.15) is 0 Å². The van der Waals surface area contributed by atoms with Gasteiger partial charge in [-0.05, 0) is 24.3 Å². The van der Waals surface area contributed by atoms with E-state index in [0.29, 0.717) is 30.4 Å². The van der Waals surface area contributed by atoms with Gasteiger partial charge in [-0.25, -0.2) is 9.97 Å². The highest BCUT2D eigenvalue weighted by Crippen LogP contribution is 2.24. The van der Waals surface area contributed by atoms with Crippen molar-refractivity contribution >= 4 is 21.8 Å². The van der Waals surface area contributed by atoms with Crippen LogP contribution < -0.4 is 9.47 Å². The number of nitrogens with zero attached hydrogens (tertiary/aromatic N) is 3. The lowest BCUT2D eigenvalue weighted by atomic mass is 10.2. The van der Waals surface area contributed by atoms with Crippen LogP contribution in [-0.4, -0.2) is 47.1 Å². The quantitative estimate of drug-likeness (QED) is 0.818.